The number of hydrogen-bond acceptors (Lipinski definition) is 1. The van der Waals surface area contributed by atoms with Crippen LogP contribution in [-0.2, 0) is 6.42 Å². The van der Waals surface area contributed by atoms with Gasteiger partial charge in [0.25, 0.3) is 0 Å². The van der Waals surface area contributed by atoms with Crippen LogP contribution in [0.5, 0.6) is 0 Å². The number of aromatic nitrogens is 1. The minimum absolute atomic E-state index is 0.710. The molecule has 0 atom stereocenters. The minimum atomic E-state index is 0.710. The van der Waals surface area contributed by atoms with Gasteiger partial charge in [0.05, 0.1) is 11.6 Å². The van der Waals surface area contributed by atoms with Crippen LogP contribution < -0.4 is 0 Å². The number of H-pyrrole nitrogens is 1. The molecule has 0 spiro atoms. The first-order valence-electron chi connectivity index (χ1n) is 7.93. The number of unbranched alkanes of at least 4 members (excludes halogenated alkanes) is 2. The highest BCUT2D eigenvalue weighted by molar-refractivity contribution is 5.97. The number of nitrogens with one attached hydrogen (secondary N) is 1. The van der Waals surface area contributed by atoms with Crippen molar-refractivity contribution < 1.29 is 0 Å². The average Bonchev–Trinajstić information content (AvgIpc) is 2.93. The van der Waals surface area contributed by atoms with Crippen molar-refractivity contribution in [2.24, 2.45) is 0 Å². The van der Waals surface area contributed by atoms with E-state index in [9.17, 15) is 0 Å². The first-order valence-corrected chi connectivity index (χ1v) is 7.93. The third-order valence-corrected chi connectivity index (χ3v) is 4.09. The highest BCUT2D eigenvalue weighted by Gasteiger charge is 2.13. The Morgan fingerprint density at radius 1 is 1.05 bits per heavy atom. The van der Waals surface area contributed by atoms with Crippen molar-refractivity contribution in [3.05, 3.63) is 59.8 Å². The van der Waals surface area contributed by atoms with Gasteiger partial charge < -0.3 is 4.98 Å². The molecule has 22 heavy (non-hydrogen) atoms. The lowest BCUT2D eigenvalue weighted by Gasteiger charge is -2.06. The number of aromatic amines is 1. The van der Waals surface area contributed by atoms with Gasteiger partial charge in [0.15, 0.2) is 0 Å². The van der Waals surface area contributed by atoms with Crippen molar-refractivity contribution in [1.29, 1.82) is 5.26 Å². The van der Waals surface area contributed by atoms with Crippen molar-refractivity contribution in [1.82, 2.24) is 4.98 Å². The van der Waals surface area contributed by atoms with E-state index < -0.39 is 0 Å². The molecular formula is C20H20N2. The molecule has 1 N–H and O–H groups in total. The van der Waals surface area contributed by atoms with Gasteiger partial charge in [0.2, 0.25) is 0 Å². The van der Waals surface area contributed by atoms with E-state index in [2.05, 4.69) is 48.3 Å². The number of para-hydroxylation sites is 1. The van der Waals surface area contributed by atoms with E-state index in [0.29, 0.717) is 5.56 Å². The summed E-state index contributed by atoms with van der Waals surface area (Å²) in [6.45, 7) is 2.22. The Hall–Kier alpha value is -2.53. The largest absolute Gasteiger partial charge is 0.358 e. The summed E-state index contributed by atoms with van der Waals surface area (Å²) in [5.41, 5.74) is 5.55. The second-order valence-corrected chi connectivity index (χ2v) is 5.67. The molecule has 0 fully saturated rings. The van der Waals surface area contributed by atoms with Crippen molar-refractivity contribution >= 4 is 10.9 Å². The Labute approximate surface area is 131 Å². The minimum Gasteiger partial charge on any atom is -0.358 e. The summed E-state index contributed by atoms with van der Waals surface area (Å²) in [5, 5.41) is 10.4. The Morgan fingerprint density at radius 2 is 1.91 bits per heavy atom. The Bertz CT molecular complexity index is 821. The fraction of sp³-hybridized carbons (Fsp3) is 0.250. The van der Waals surface area contributed by atoms with Crippen LogP contribution in [-0.4, -0.2) is 4.98 Å². The summed E-state index contributed by atoms with van der Waals surface area (Å²) in [6, 6.07) is 18.6. The van der Waals surface area contributed by atoms with Gasteiger partial charge in [0, 0.05) is 22.2 Å². The fourth-order valence-electron chi connectivity index (χ4n) is 3.01. The molecule has 0 saturated carbocycles. The molecule has 0 aliphatic rings. The SMILES string of the molecule is CCCCCc1[nH]c2ccccc2c1-c1cccc(C#N)c1. The van der Waals surface area contributed by atoms with E-state index >= 15 is 0 Å². The number of nitriles is 1. The molecule has 0 unspecified atom stereocenters. The zero-order chi connectivity index (χ0) is 15.4. The predicted molar refractivity (Wildman–Crippen MR) is 91.7 cm³/mol. The Kier molecular flexibility index (Phi) is 4.25. The molecule has 3 aromatic rings. The van der Waals surface area contributed by atoms with Crippen LogP contribution in [0.3, 0.4) is 0 Å². The summed E-state index contributed by atoms with van der Waals surface area (Å²) in [4.78, 5) is 3.58. The molecule has 2 aromatic carbocycles. The maximum atomic E-state index is 9.16. The highest BCUT2D eigenvalue weighted by Crippen LogP contribution is 2.33. The van der Waals surface area contributed by atoms with E-state index in [4.69, 9.17) is 5.26 Å². The molecule has 0 aliphatic heterocycles. The lowest BCUT2D eigenvalue weighted by molar-refractivity contribution is 0.711. The van der Waals surface area contributed by atoms with E-state index in [0.717, 1.165) is 12.0 Å². The van der Waals surface area contributed by atoms with E-state index in [1.807, 2.05) is 18.2 Å². The molecule has 3 rings (SSSR count). The normalized spacial score (nSPS) is 10.7. The summed E-state index contributed by atoms with van der Waals surface area (Å²) in [6.07, 6.45) is 4.70. The third kappa shape index (κ3) is 2.76. The second kappa shape index (κ2) is 6.49. The topological polar surface area (TPSA) is 39.6 Å². The van der Waals surface area contributed by atoms with Crippen molar-refractivity contribution in [2.75, 3.05) is 0 Å². The standard InChI is InChI=1S/C20H20N2/c1-2-3-4-12-19-20(16-9-7-8-15(13-16)14-21)17-10-5-6-11-18(17)22-19/h5-11,13,22H,2-4,12H2,1H3. The van der Waals surface area contributed by atoms with E-state index in [-0.39, 0.29) is 0 Å². The Balaban J connectivity index is 2.12. The van der Waals surface area contributed by atoms with Crippen molar-refractivity contribution in [3.8, 4) is 17.2 Å². The fourth-order valence-corrected chi connectivity index (χ4v) is 3.01. The quantitative estimate of drug-likeness (QED) is 0.624. The molecule has 0 saturated heterocycles. The van der Waals surface area contributed by atoms with Gasteiger partial charge in [-0.25, -0.2) is 0 Å². The first kappa shape index (κ1) is 14.4. The molecule has 1 heterocycles. The van der Waals surface area contributed by atoms with E-state index in [1.165, 1.54) is 41.4 Å². The van der Waals surface area contributed by atoms with Crippen LogP contribution in [0, 0.1) is 11.3 Å². The van der Waals surface area contributed by atoms with Crippen molar-refractivity contribution in [3.63, 3.8) is 0 Å². The van der Waals surface area contributed by atoms with Gasteiger partial charge >= 0.3 is 0 Å². The highest BCUT2D eigenvalue weighted by atomic mass is 14.7. The van der Waals surface area contributed by atoms with Crippen LogP contribution in [0.15, 0.2) is 48.5 Å². The number of benzene rings is 2. The maximum Gasteiger partial charge on any atom is 0.0991 e. The van der Waals surface area contributed by atoms with Crippen molar-refractivity contribution in [2.45, 2.75) is 32.6 Å². The third-order valence-electron chi connectivity index (χ3n) is 4.09. The van der Waals surface area contributed by atoms with Gasteiger partial charge in [0.1, 0.15) is 0 Å². The van der Waals surface area contributed by atoms with Crippen LogP contribution in [0.25, 0.3) is 22.0 Å². The van der Waals surface area contributed by atoms with Gasteiger partial charge in [-0.2, -0.15) is 5.26 Å². The molecule has 0 amide bonds. The predicted octanol–water partition coefficient (Wildman–Crippen LogP) is 5.44. The lowest BCUT2D eigenvalue weighted by atomic mass is 9.98. The number of nitrogens with zero attached hydrogens (tertiary/aromatic N) is 1. The monoisotopic (exact) mass is 288 g/mol. The zero-order valence-corrected chi connectivity index (χ0v) is 12.9. The van der Waals surface area contributed by atoms with Gasteiger partial charge in [-0.1, -0.05) is 50.1 Å². The van der Waals surface area contributed by atoms with Gasteiger partial charge in [-0.3, -0.25) is 0 Å². The summed E-state index contributed by atoms with van der Waals surface area (Å²) in [5.74, 6) is 0. The Morgan fingerprint density at radius 3 is 2.73 bits per heavy atom. The number of fused-ring (bicyclic) bond motifs is 1. The maximum absolute atomic E-state index is 9.16. The van der Waals surface area contributed by atoms with E-state index in [1.54, 1.807) is 0 Å². The summed E-state index contributed by atoms with van der Waals surface area (Å²) in [7, 11) is 0. The van der Waals surface area contributed by atoms with Gasteiger partial charge in [-0.15, -0.1) is 0 Å². The summed E-state index contributed by atoms with van der Waals surface area (Å²) < 4.78 is 0. The van der Waals surface area contributed by atoms with Crippen LogP contribution in [0.2, 0.25) is 0 Å². The van der Waals surface area contributed by atoms with Crippen LogP contribution in [0.1, 0.15) is 37.4 Å². The van der Waals surface area contributed by atoms with Crippen LogP contribution in [0.4, 0.5) is 0 Å². The average molecular weight is 288 g/mol. The molecule has 2 heteroatoms. The zero-order valence-electron chi connectivity index (χ0n) is 12.9. The summed E-state index contributed by atoms with van der Waals surface area (Å²) >= 11 is 0. The molecule has 0 aliphatic carbocycles. The molecule has 0 bridgehead atoms. The molecule has 2 nitrogen and oxygen atoms in total. The molecule has 1 aromatic heterocycles. The van der Waals surface area contributed by atoms with Crippen LogP contribution >= 0.6 is 0 Å². The molecule has 110 valence electrons. The lowest BCUT2D eigenvalue weighted by Crippen LogP contribution is -1.90. The second-order valence-electron chi connectivity index (χ2n) is 5.67. The first-order chi connectivity index (χ1) is 10.8. The molecular weight excluding hydrogens is 268 g/mol. The number of hydrogen-bond donors (Lipinski definition) is 1. The van der Waals surface area contributed by atoms with Gasteiger partial charge in [-0.05, 0) is 36.6 Å². The number of aryl methyl sites for hydroxylation is 1. The smallest absolute Gasteiger partial charge is 0.0991 e. The number of rotatable bonds is 5. The molecule has 0 radical (unpaired) electrons.